The SMILES string of the molecule is Cc1ccc(Nc2c3c(=O)n(C4CC4)c(=O)n(-c4cccc(NCC(N)=O)c4)c3c(C)c(=O)n2C)c(F)c1. The number of halogens is 1. The Bertz CT molecular complexity index is 1800. The molecule has 1 aliphatic rings. The lowest BCUT2D eigenvalue weighted by Gasteiger charge is -2.21. The summed E-state index contributed by atoms with van der Waals surface area (Å²) in [5.41, 5.74) is 5.67. The van der Waals surface area contributed by atoms with Crippen molar-refractivity contribution < 1.29 is 9.18 Å². The molecule has 4 aromatic rings. The predicted molar refractivity (Wildman–Crippen MR) is 144 cm³/mol. The predicted octanol–water partition coefficient (Wildman–Crippen LogP) is 2.58. The molecular weight excluding hydrogens is 491 g/mol. The maximum atomic E-state index is 14.8. The van der Waals surface area contributed by atoms with E-state index >= 15 is 0 Å². The van der Waals surface area contributed by atoms with Gasteiger partial charge in [-0.15, -0.1) is 0 Å². The maximum absolute atomic E-state index is 14.8. The van der Waals surface area contributed by atoms with Crippen molar-refractivity contribution in [1.82, 2.24) is 13.7 Å². The number of primary amides is 1. The number of pyridine rings is 1. The number of nitrogens with two attached hydrogens (primary N) is 1. The third-order valence-electron chi connectivity index (χ3n) is 6.70. The van der Waals surface area contributed by atoms with Crippen LogP contribution in [-0.2, 0) is 11.8 Å². The van der Waals surface area contributed by atoms with Gasteiger partial charge in [-0.2, -0.15) is 0 Å². The van der Waals surface area contributed by atoms with E-state index in [-0.39, 0.29) is 40.6 Å². The van der Waals surface area contributed by atoms with Gasteiger partial charge >= 0.3 is 5.69 Å². The van der Waals surface area contributed by atoms with E-state index in [1.54, 1.807) is 44.2 Å². The highest BCUT2D eigenvalue weighted by Crippen LogP contribution is 2.34. The van der Waals surface area contributed by atoms with Gasteiger partial charge in [-0.1, -0.05) is 12.1 Å². The summed E-state index contributed by atoms with van der Waals surface area (Å²) < 4.78 is 18.6. The quantitative estimate of drug-likeness (QED) is 0.344. The minimum absolute atomic E-state index is 0.0783. The average Bonchev–Trinajstić information content (AvgIpc) is 3.70. The van der Waals surface area contributed by atoms with Gasteiger partial charge in [-0.3, -0.25) is 28.1 Å². The number of aromatic nitrogens is 3. The van der Waals surface area contributed by atoms with Crippen molar-refractivity contribution in [3.8, 4) is 5.69 Å². The Morgan fingerprint density at radius 2 is 1.82 bits per heavy atom. The Labute approximate surface area is 216 Å². The van der Waals surface area contributed by atoms with E-state index in [1.165, 1.54) is 32.9 Å². The zero-order valence-corrected chi connectivity index (χ0v) is 21.2. The molecule has 0 aliphatic heterocycles. The first-order valence-electron chi connectivity index (χ1n) is 12.1. The van der Waals surface area contributed by atoms with Crippen molar-refractivity contribution >= 4 is 34.0 Å². The van der Waals surface area contributed by atoms with Crippen molar-refractivity contribution in [2.75, 3.05) is 17.2 Å². The van der Waals surface area contributed by atoms with E-state index in [4.69, 9.17) is 5.73 Å². The van der Waals surface area contributed by atoms with E-state index in [2.05, 4.69) is 10.6 Å². The number of hydrogen-bond donors (Lipinski definition) is 3. The van der Waals surface area contributed by atoms with Crippen LogP contribution in [0.2, 0.25) is 0 Å². The molecule has 0 bridgehead atoms. The van der Waals surface area contributed by atoms with Gasteiger partial charge in [0.15, 0.2) is 0 Å². The Hall–Kier alpha value is -4.67. The van der Waals surface area contributed by atoms with Gasteiger partial charge in [0, 0.05) is 24.3 Å². The van der Waals surface area contributed by atoms with Crippen molar-refractivity contribution in [3.63, 3.8) is 0 Å². The first-order valence-corrected chi connectivity index (χ1v) is 12.1. The maximum Gasteiger partial charge on any atom is 0.336 e. The van der Waals surface area contributed by atoms with Crippen LogP contribution in [0.3, 0.4) is 0 Å². The van der Waals surface area contributed by atoms with Gasteiger partial charge in [0.2, 0.25) is 5.91 Å². The number of nitrogens with zero attached hydrogens (tertiary/aromatic N) is 3. The number of nitrogens with one attached hydrogen (secondary N) is 2. The molecule has 2 aromatic carbocycles. The molecule has 0 saturated heterocycles. The van der Waals surface area contributed by atoms with Crippen molar-refractivity contribution in [2.45, 2.75) is 32.7 Å². The number of rotatable bonds is 7. The summed E-state index contributed by atoms with van der Waals surface area (Å²) in [5.74, 6) is -1.02. The summed E-state index contributed by atoms with van der Waals surface area (Å²) in [6.07, 6.45) is 1.34. The van der Waals surface area contributed by atoms with Gasteiger partial charge in [0.05, 0.1) is 23.4 Å². The van der Waals surface area contributed by atoms with Crippen LogP contribution in [0.5, 0.6) is 0 Å². The lowest BCUT2D eigenvalue weighted by molar-refractivity contribution is -0.116. The molecule has 11 heteroatoms. The van der Waals surface area contributed by atoms with Crippen LogP contribution in [-0.4, -0.2) is 26.2 Å². The molecule has 0 radical (unpaired) electrons. The largest absolute Gasteiger partial charge is 0.376 e. The van der Waals surface area contributed by atoms with Gasteiger partial charge < -0.3 is 16.4 Å². The summed E-state index contributed by atoms with van der Waals surface area (Å²) in [6.45, 7) is 3.19. The molecule has 1 amide bonds. The van der Waals surface area contributed by atoms with Crippen molar-refractivity contribution in [1.29, 1.82) is 0 Å². The topological polar surface area (TPSA) is 133 Å². The number of carbonyl (C=O) groups is 1. The molecule has 38 heavy (non-hydrogen) atoms. The van der Waals surface area contributed by atoms with Crippen LogP contribution >= 0.6 is 0 Å². The molecule has 2 heterocycles. The van der Waals surface area contributed by atoms with E-state index < -0.39 is 28.5 Å². The van der Waals surface area contributed by atoms with Gasteiger partial charge in [-0.25, -0.2) is 9.18 Å². The number of anilines is 3. The van der Waals surface area contributed by atoms with E-state index in [1.807, 2.05) is 0 Å². The molecule has 4 N–H and O–H groups in total. The normalized spacial score (nSPS) is 13.1. The smallest absolute Gasteiger partial charge is 0.336 e. The molecule has 196 valence electrons. The van der Waals surface area contributed by atoms with Crippen molar-refractivity contribution in [3.05, 3.63) is 90.6 Å². The molecule has 0 unspecified atom stereocenters. The number of benzene rings is 2. The summed E-state index contributed by atoms with van der Waals surface area (Å²) in [4.78, 5) is 52.3. The zero-order valence-electron chi connectivity index (χ0n) is 21.2. The van der Waals surface area contributed by atoms with Crippen LogP contribution in [0.15, 0.2) is 56.8 Å². The third-order valence-corrected chi connectivity index (χ3v) is 6.70. The van der Waals surface area contributed by atoms with Gasteiger partial charge in [-0.05, 0) is 62.6 Å². The minimum Gasteiger partial charge on any atom is -0.376 e. The average molecular weight is 519 g/mol. The third kappa shape index (κ3) is 4.25. The second-order valence-electron chi connectivity index (χ2n) is 9.56. The summed E-state index contributed by atoms with van der Waals surface area (Å²) in [5, 5.41) is 5.93. The second kappa shape index (κ2) is 9.33. The molecule has 5 rings (SSSR count). The first kappa shape index (κ1) is 25.0. The highest BCUT2D eigenvalue weighted by atomic mass is 19.1. The number of carbonyl (C=O) groups excluding carboxylic acids is 1. The molecule has 10 nitrogen and oxygen atoms in total. The fraction of sp³-hybridized carbons (Fsp3) is 0.259. The van der Waals surface area contributed by atoms with Crippen LogP contribution in [0, 0.1) is 19.7 Å². The Kier molecular flexibility index (Phi) is 6.14. The van der Waals surface area contributed by atoms with Gasteiger partial charge in [0.25, 0.3) is 11.1 Å². The van der Waals surface area contributed by atoms with Crippen LogP contribution in [0.25, 0.3) is 16.6 Å². The fourth-order valence-electron chi connectivity index (χ4n) is 4.65. The molecule has 1 saturated carbocycles. The second-order valence-corrected chi connectivity index (χ2v) is 9.56. The molecule has 0 spiro atoms. The number of aryl methyl sites for hydroxylation is 2. The monoisotopic (exact) mass is 518 g/mol. The zero-order chi connectivity index (χ0) is 27.3. The Morgan fingerprint density at radius 3 is 2.47 bits per heavy atom. The number of hydrogen-bond acceptors (Lipinski definition) is 6. The number of fused-ring (bicyclic) bond motifs is 1. The Morgan fingerprint density at radius 1 is 1.08 bits per heavy atom. The number of amides is 1. The van der Waals surface area contributed by atoms with E-state index in [0.29, 0.717) is 29.8 Å². The minimum atomic E-state index is -0.583. The molecule has 1 aliphatic carbocycles. The molecule has 2 aromatic heterocycles. The van der Waals surface area contributed by atoms with Gasteiger partial charge in [0.1, 0.15) is 17.0 Å². The summed E-state index contributed by atoms with van der Waals surface area (Å²) in [7, 11) is 1.49. The molecular formula is C27H27FN6O4. The van der Waals surface area contributed by atoms with Crippen LogP contribution in [0.1, 0.15) is 30.0 Å². The highest BCUT2D eigenvalue weighted by molar-refractivity contribution is 5.93. The highest BCUT2D eigenvalue weighted by Gasteiger charge is 2.31. The molecule has 1 fully saturated rings. The standard InChI is InChI=1S/C27H27FN6O4/c1-14-7-10-20(19(28)11-14)31-24-22-23(15(2)25(36)32(24)3)33(27(38)34(26(22)37)17-8-9-17)18-6-4-5-16(12-18)30-13-21(29)35/h4-7,10-12,17,30-31H,8-9,13H2,1-3H3,(H2,29,35). The molecule has 0 atom stereocenters. The Balaban J connectivity index is 1.86. The summed E-state index contributed by atoms with van der Waals surface area (Å²) >= 11 is 0. The van der Waals surface area contributed by atoms with Crippen LogP contribution < -0.4 is 33.2 Å². The lowest BCUT2D eigenvalue weighted by Crippen LogP contribution is -2.41. The first-order chi connectivity index (χ1) is 18.1. The van der Waals surface area contributed by atoms with Crippen molar-refractivity contribution in [2.24, 2.45) is 12.8 Å². The fourth-order valence-corrected chi connectivity index (χ4v) is 4.65. The van der Waals surface area contributed by atoms with Crippen LogP contribution in [0.4, 0.5) is 21.6 Å². The van der Waals surface area contributed by atoms with E-state index in [0.717, 1.165) is 0 Å². The van der Waals surface area contributed by atoms with E-state index in [9.17, 15) is 23.6 Å². The lowest BCUT2D eigenvalue weighted by atomic mass is 10.1. The summed E-state index contributed by atoms with van der Waals surface area (Å²) in [6, 6.07) is 11.0.